The number of ether oxygens (including phenoxy) is 1. The number of urea groups is 1. The van der Waals surface area contributed by atoms with Crippen LogP contribution in [0.1, 0.15) is 32.1 Å². The van der Waals surface area contributed by atoms with Crippen LogP contribution in [0.4, 0.5) is 26.2 Å². The van der Waals surface area contributed by atoms with E-state index < -0.39 is 29.8 Å². The summed E-state index contributed by atoms with van der Waals surface area (Å²) in [5.74, 6) is -2.09. The Kier molecular flexibility index (Phi) is 8.27. The molecule has 9 nitrogen and oxygen atoms in total. The summed E-state index contributed by atoms with van der Waals surface area (Å²) in [6.45, 7) is 0.663. The van der Waals surface area contributed by atoms with E-state index in [2.05, 4.69) is 10.6 Å². The Morgan fingerprint density at radius 3 is 2.54 bits per heavy atom. The van der Waals surface area contributed by atoms with E-state index in [-0.39, 0.29) is 36.9 Å². The largest absolute Gasteiger partial charge is 0.469 e. The van der Waals surface area contributed by atoms with E-state index in [1.165, 1.54) is 29.0 Å². The summed E-state index contributed by atoms with van der Waals surface area (Å²) in [5.41, 5.74) is 0.856. The second kappa shape index (κ2) is 11.6. The number of likely N-dealkylation sites (tertiary alicyclic amines) is 1. The van der Waals surface area contributed by atoms with Gasteiger partial charge in [-0.1, -0.05) is 11.6 Å². The van der Waals surface area contributed by atoms with Crippen LogP contribution in [0.2, 0.25) is 5.02 Å². The molecule has 11 heteroatoms. The van der Waals surface area contributed by atoms with E-state index in [0.29, 0.717) is 29.4 Å². The predicted molar refractivity (Wildman–Crippen MR) is 137 cm³/mol. The molecule has 2 aliphatic rings. The molecule has 0 aliphatic carbocycles. The van der Waals surface area contributed by atoms with Gasteiger partial charge in [0, 0.05) is 35.9 Å². The molecule has 2 unspecified atom stereocenters. The molecule has 196 valence electrons. The summed E-state index contributed by atoms with van der Waals surface area (Å²) in [5, 5.41) is 5.80. The number of hydrogen-bond acceptors (Lipinski definition) is 5. The number of anilines is 3. The molecule has 0 bridgehead atoms. The van der Waals surface area contributed by atoms with Crippen molar-refractivity contribution in [2.45, 2.75) is 38.1 Å². The number of piperidine rings is 1. The summed E-state index contributed by atoms with van der Waals surface area (Å²) < 4.78 is 19.7. The monoisotopic (exact) mass is 530 g/mol. The Bertz CT molecular complexity index is 1190. The number of amides is 4. The minimum atomic E-state index is -0.940. The summed E-state index contributed by atoms with van der Waals surface area (Å²) >= 11 is 5.90. The van der Waals surface area contributed by atoms with Gasteiger partial charge in [0.25, 0.3) is 0 Å². The van der Waals surface area contributed by atoms with Gasteiger partial charge in [0.15, 0.2) is 0 Å². The zero-order valence-corrected chi connectivity index (χ0v) is 21.1. The first-order valence-corrected chi connectivity index (χ1v) is 12.4. The van der Waals surface area contributed by atoms with Gasteiger partial charge in [-0.05, 0) is 67.6 Å². The van der Waals surface area contributed by atoms with Gasteiger partial charge >= 0.3 is 12.0 Å². The maximum atomic E-state index is 14.9. The molecule has 2 heterocycles. The molecule has 2 N–H and O–H groups in total. The van der Waals surface area contributed by atoms with E-state index in [1.54, 1.807) is 30.3 Å². The Balaban J connectivity index is 1.49. The normalized spacial score (nSPS) is 19.5. The van der Waals surface area contributed by atoms with Crippen LogP contribution >= 0.6 is 11.6 Å². The van der Waals surface area contributed by atoms with Gasteiger partial charge in [0.2, 0.25) is 11.8 Å². The zero-order valence-electron chi connectivity index (χ0n) is 20.3. The summed E-state index contributed by atoms with van der Waals surface area (Å²) in [7, 11) is 1.27. The lowest BCUT2D eigenvalue weighted by atomic mass is 10.0. The van der Waals surface area contributed by atoms with E-state index in [0.717, 1.165) is 12.8 Å². The van der Waals surface area contributed by atoms with Gasteiger partial charge in [-0.2, -0.15) is 0 Å². The molecular formula is C26H28ClFN4O5. The van der Waals surface area contributed by atoms with Crippen LogP contribution in [0, 0.1) is 11.7 Å². The highest BCUT2D eigenvalue weighted by atomic mass is 35.5. The average Bonchev–Trinajstić information content (AvgIpc) is 3.31. The highest BCUT2D eigenvalue weighted by Gasteiger charge is 2.40. The Morgan fingerprint density at radius 1 is 1.11 bits per heavy atom. The topological polar surface area (TPSA) is 108 Å². The van der Waals surface area contributed by atoms with E-state index in [4.69, 9.17) is 16.3 Å². The summed E-state index contributed by atoms with van der Waals surface area (Å²) in [6, 6.07) is 9.23. The van der Waals surface area contributed by atoms with Gasteiger partial charge in [0.05, 0.1) is 19.2 Å². The van der Waals surface area contributed by atoms with Crippen molar-refractivity contribution < 1.29 is 28.3 Å². The van der Waals surface area contributed by atoms with E-state index in [9.17, 15) is 23.6 Å². The molecule has 37 heavy (non-hydrogen) atoms. The van der Waals surface area contributed by atoms with Gasteiger partial charge in [-0.3, -0.25) is 14.4 Å². The van der Waals surface area contributed by atoms with Gasteiger partial charge in [-0.25, -0.2) is 9.18 Å². The number of hydrogen-bond donors (Lipinski definition) is 2. The molecule has 0 spiro atoms. The molecule has 0 saturated carbocycles. The average molecular weight is 531 g/mol. The number of carbonyl (C=O) groups excluding carboxylic acids is 4. The lowest BCUT2D eigenvalue weighted by Gasteiger charge is -2.27. The third-order valence-corrected chi connectivity index (χ3v) is 6.83. The van der Waals surface area contributed by atoms with Crippen LogP contribution in [0.25, 0.3) is 0 Å². The fourth-order valence-corrected chi connectivity index (χ4v) is 4.79. The van der Waals surface area contributed by atoms with Crippen LogP contribution in [0.5, 0.6) is 0 Å². The lowest BCUT2D eigenvalue weighted by Crippen LogP contribution is -2.45. The van der Waals surface area contributed by atoms with Crippen molar-refractivity contribution >= 4 is 52.5 Å². The number of esters is 1. The molecule has 2 aromatic carbocycles. The highest BCUT2D eigenvalue weighted by Crippen LogP contribution is 2.30. The SMILES string of the molecule is COC(=O)CC1CC(C(=O)Nc2ccc(N3CCCCC3=O)cc2F)N(C(=O)Nc2ccc(Cl)cc2)C1. The third kappa shape index (κ3) is 6.37. The maximum absolute atomic E-state index is 14.9. The summed E-state index contributed by atoms with van der Waals surface area (Å²) in [4.78, 5) is 53.2. The molecular weight excluding hydrogens is 503 g/mol. The molecule has 4 amide bonds. The van der Waals surface area contributed by atoms with Crippen molar-refractivity contribution in [2.24, 2.45) is 5.92 Å². The first kappa shape index (κ1) is 26.4. The second-order valence-corrected chi connectivity index (χ2v) is 9.58. The van der Waals surface area contributed by atoms with Crippen molar-refractivity contribution in [2.75, 3.05) is 35.7 Å². The standard InChI is InChI=1S/C26H28ClFN4O5/c1-37-24(34)13-16-12-22(32(15-16)26(36)29-18-7-5-17(27)6-8-18)25(35)30-21-10-9-19(14-20(21)28)31-11-3-2-4-23(31)33/h5-10,14,16,22H,2-4,11-13,15H2,1H3,(H,29,36)(H,30,35). The van der Waals surface area contributed by atoms with Crippen LogP contribution in [0.15, 0.2) is 42.5 Å². The van der Waals surface area contributed by atoms with E-state index in [1.807, 2.05) is 0 Å². The summed E-state index contributed by atoms with van der Waals surface area (Å²) in [6.07, 6.45) is 2.32. The molecule has 2 fully saturated rings. The number of benzene rings is 2. The van der Waals surface area contributed by atoms with Crippen molar-refractivity contribution in [1.82, 2.24) is 4.90 Å². The van der Waals surface area contributed by atoms with Crippen molar-refractivity contribution in [1.29, 1.82) is 0 Å². The Labute approximate surface area is 218 Å². The number of halogens is 2. The Morgan fingerprint density at radius 2 is 1.86 bits per heavy atom. The smallest absolute Gasteiger partial charge is 0.322 e. The van der Waals surface area contributed by atoms with Crippen LogP contribution < -0.4 is 15.5 Å². The fourth-order valence-electron chi connectivity index (χ4n) is 4.66. The van der Waals surface area contributed by atoms with Crippen molar-refractivity contribution in [3.05, 3.63) is 53.3 Å². The fraction of sp³-hybridized carbons (Fsp3) is 0.385. The molecule has 2 aliphatic heterocycles. The van der Waals surface area contributed by atoms with Crippen molar-refractivity contribution in [3.8, 4) is 0 Å². The molecule has 0 radical (unpaired) electrons. The number of nitrogens with zero attached hydrogens (tertiary/aromatic N) is 2. The van der Waals surface area contributed by atoms with Crippen LogP contribution in [0.3, 0.4) is 0 Å². The molecule has 0 aromatic heterocycles. The number of methoxy groups -OCH3 is 1. The molecule has 2 aromatic rings. The lowest BCUT2D eigenvalue weighted by molar-refractivity contribution is -0.141. The first-order chi connectivity index (χ1) is 17.7. The quantitative estimate of drug-likeness (QED) is 0.537. The predicted octanol–water partition coefficient (Wildman–Crippen LogP) is 4.42. The second-order valence-electron chi connectivity index (χ2n) is 9.14. The first-order valence-electron chi connectivity index (χ1n) is 12.1. The van der Waals surface area contributed by atoms with Crippen LogP contribution in [-0.4, -0.2) is 55.0 Å². The molecule has 2 saturated heterocycles. The molecule has 2 atom stereocenters. The van der Waals surface area contributed by atoms with Gasteiger partial charge in [0.1, 0.15) is 11.9 Å². The maximum Gasteiger partial charge on any atom is 0.322 e. The minimum Gasteiger partial charge on any atom is -0.469 e. The van der Waals surface area contributed by atoms with Crippen molar-refractivity contribution in [3.63, 3.8) is 0 Å². The third-order valence-electron chi connectivity index (χ3n) is 6.58. The highest BCUT2D eigenvalue weighted by molar-refractivity contribution is 6.30. The van der Waals surface area contributed by atoms with Crippen LogP contribution in [-0.2, 0) is 19.1 Å². The van der Waals surface area contributed by atoms with E-state index >= 15 is 0 Å². The zero-order chi connectivity index (χ0) is 26.5. The number of rotatable bonds is 6. The Hall–Kier alpha value is -3.66. The minimum absolute atomic E-state index is 0.0396. The molecule has 4 rings (SSSR count). The number of nitrogens with one attached hydrogen (secondary N) is 2. The van der Waals surface area contributed by atoms with Gasteiger partial charge in [-0.15, -0.1) is 0 Å². The van der Waals surface area contributed by atoms with Gasteiger partial charge < -0.3 is 25.2 Å². The number of carbonyl (C=O) groups is 4.